The Morgan fingerprint density at radius 3 is 2.44 bits per heavy atom. The van der Waals surface area contributed by atoms with Crippen molar-refractivity contribution in [2.24, 2.45) is 0 Å². The summed E-state index contributed by atoms with van der Waals surface area (Å²) in [6.45, 7) is 1.50. The predicted octanol–water partition coefficient (Wildman–Crippen LogP) is 3.88. The normalized spacial score (nSPS) is 12.4. The average molecular weight is 354 g/mol. The third-order valence-corrected chi connectivity index (χ3v) is 3.20. The molecular weight excluding hydrogens is 344 g/mol. The first kappa shape index (κ1) is 16.8. The summed E-state index contributed by atoms with van der Waals surface area (Å²) in [6.07, 6.45) is -1.29. The van der Waals surface area contributed by atoms with Gasteiger partial charge < -0.3 is 9.15 Å². The molecule has 10 heteroatoms. The van der Waals surface area contributed by atoms with Gasteiger partial charge >= 0.3 is 12.4 Å². The van der Waals surface area contributed by atoms with Crippen molar-refractivity contribution >= 4 is 0 Å². The highest BCUT2D eigenvalue weighted by molar-refractivity contribution is 5.49. The van der Waals surface area contributed by atoms with Crippen LogP contribution in [0.5, 0.6) is 6.01 Å². The van der Waals surface area contributed by atoms with Crippen LogP contribution in [0.2, 0.25) is 0 Å². The smallest absolute Gasteiger partial charge is 0.316 e. The Labute approximate surface area is 138 Å². The largest absolute Gasteiger partial charge is 0.455 e. The molecule has 0 fully saturated rings. The van der Waals surface area contributed by atoms with Crippen molar-refractivity contribution < 1.29 is 26.7 Å². The van der Waals surface area contributed by atoms with Crippen LogP contribution in [0.3, 0.4) is 0 Å². The molecule has 1 atom stereocenters. The lowest BCUT2D eigenvalue weighted by molar-refractivity contribution is 0.116. The zero-order valence-corrected chi connectivity index (χ0v) is 12.7. The van der Waals surface area contributed by atoms with Gasteiger partial charge in [-0.2, -0.15) is 8.78 Å². The molecule has 6 nitrogen and oxygen atoms in total. The van der Waals surface area contributed by atoms with Gasteiger partial charge in [-0.05, 0) is 13.0 Å². The molecule has 0 unspecified atom stereocenters. The number of benzene rings is 1. The lowest BCUT2D eigenvalue weighted by atomic mass is 10.1. The monoisotopic (exact) mass is 354 g/mol. The van der Waals surface area contributed by atoms with Crippen LogP contribution in [-0.4, -0.2) is 20.2 Å². The molecule has 0 amide bonds. The Kier molecular flexibility index (Phi) is 4.59. The zero-order valence-electron chi connectivity index (χ0n) is 12.7. The Bertz CT molecular complexity index is 870. The quantitative estimate of drug-likeness (QED) is 0.648. The SMILES string of the molecule is C[C@@H](Oc1ncc(-c2nnc(C(F)F)o2)cn1)c1cccc(F)c1F. The lowest BCUT2D eigenvalue weighted by Crippen LogP contribution is -2.08. The molecule has 2 heterocycles. The van der Waals surface area contributed by atoms with Crippen molar-refractivity contribution in [3.05, 3.63) is 53.7 Å². The molecule has 3 rings (SSSR count). The third kappa shape index (κ3) is 3.57. The van der Waals surface area contributed by atoms with Gasteiger partial charge in [0.25, 0.3) is 11.8 Å². The molecule has 1 aromatic carbocycles. The molecule has 0 bridgehead atoms. The number of halogens is 4. The summed E-state index contributed by atoms with van der Waals surface area (Å²) in [7, 11) is 0. The van der Waals surface area contributed by atoms with E-state index in [9.17, 15) is 17.6 Å². The van der Waals surface area contributed by atoms with Crippen LogP contribution in [0.4, 0.5) is 17.6 Å². The topological polar surface area (TPSA) is 73.9 Å². The maximum absolute atomic E-state index is 13.7. The van der Waals surface area contributed by atoms with E-state index in [1.54, 1.807) is 0 Å². The fourth-order valence-corrected chi connectivity index (χ4v) is 1.98. The Hall–Kier alpha value is -3.04. The second kappa shape index (κ2) is 6.83. The van der Waals surface area contributed by atoms with E-state index < -0.39 is 30.1 Å². The summed E-state index contributed by atoms with van der Waals surface area (Å²) in [6, 6.07) is 3.61. The van der Waals surface area contributed by atoms with Gasteiger partial charge in [0.2, 0.25) is 0 Å². The predicted molar refractivity (Wildman–Crippen MR) is 75.7 cm³/mol. The fraction of sp³-hybridized carbons (Fsp3) is 0.200. The van der Waals surface area contributed by atoms with Gasteiger partial charge in [0.1, 0.15) is 6.10 Å². The van der Waals surface area contributed by atoms with Gasteiger partial charge in [0.05, 0.1) is 5.56 Å². The van der Waals surface area contributed by atoms with Gasteiger partial charge in [-0.1, -0.05) is 12.1 Å². The van der Waals surface area contributed by atoms with Crippen LogP contribution in [-0.2, 0) is 0 Å². The molecule has 0 N–H and O–H groups in total. The number of ether oxygens (including phenoxy) is 1. The van der Waals surface area contributed by atoms with Crippen LogP contribution in [0.25, 0.3) is 11.5 Å². The zero-order chi connectivity index (χ0) is 18.0. The van der Waals surface area contributed by atoms with E-state index in [0.29, 0.717) is 0 Å². The van der Waals surface area contributed by atoms with E-state index in [4.69, 9.17) is 9.15 Å². The van der Waals surface area contributed by atoms with Crippen molar-refractivity contribution in [1.82, 2.24) is 20.2 Å². The van der Waals surface area contributed by atoms with Gasteiger partial charge in [0, 0.05) is 18.0 Å². The van der Waals surface area contributed by atoms with Crippen molar-refractivity contribution in [1.29, 1.82) is 0 Å². The highest BCUT2D eigenvalue weighted by Gasteiger charge is 2.19. The van der Waals surface area contributed by atoms with Crippen LogP contribution in [0, 0.1) is 11.6 Å². The second-order valence-corrected chi connectivity index (χ2v) is 4.90. The summed E-state index contributed by atoms with van der Waals surface area (Å²) in [5, 5.41) is 6.65. The van der Waals surface area contributed by atoms with Crippen LogP contribution < -0.4 is 4.74 Å². The molecule has 0 radical (unpaired) electrons. The highest BCUT2D eigenvalue weighted by atomic mass is 19.3. The highest BCUT2D eigenvalue weighted by Crippen LogP contribution is 2.25. The van der Waals surface area contributed by atoms with Crippen LogP contribution in [0.15, 0.2) is 35.0 Å². The standard InChI is InChI=1S/C15H10F4N4O2/c1-7(9-3-2-4-10(16)11(9)17)24-15-20-5-8(6-21-15)13-22-23-14(25-13)12(18)19/h2-7,12H,1H3/t7-/m1/s1. The number of hydrogen-bond acceptors (Lipinski definition) is 6. The summed E-state index contributed by atoms with van der Waals surface area (Å²) in [4.78, 5) is 7.72. The molecule has 0 spiro atoms. The Morgan fingerprint density at radius 2 is 1.80 bits per heavy atom. The fourth-order valence-electron chi connectivity index (χ4n) is 1.98. The molecular formula is C15H10F4N4O2. The van der Waals surface area contributed by atoms with Crippen molar-refractivity contribution in [3.8, 4) is 17.5 Å². The van der Waals surface area contributed by atoms with E-state index in [1.165, 1.54) is 31.5 Å². The van der Waals surface area contributed by atoms with E-state index in [1.807, 2.05) is 0 Å². The van der Waals surface area contributed by atoms with Crippen LogP contribution >= 0.6 is 0 Å². The first-order valence-corrected chi connectivity index (χ1v) is 7.00. The van der Waals surface area contributed by atoms with Crippen molar-refractivity contribution in [2.45, 2.75) is 19.5 Å². The summed E-state index contributed by atoms with van der Waals surface area (Å²) < 4.78 is 61.9. The van der Waals surface area contributed by atoms with Crippen molar-refractivity contribution in [2.75, 3.05) is 0 Å². The number of aromatic nitrogens is 4. The van der Waals surface area contributed by atoms with E-state index in [0.717, 1.165) is 6.07 Å². The minimum atomic E-state index is -2.88. The van der Waals surface area contributed by atoms with Gasteiger partial charge in [-0.3, -0.25) is 0 Å². The minimum Gasteiger partial charge on any atom is -0.455 e. The minimum absolute atomic E-state index is 0.00570. The number of alkyl halides is 2. The average Bonchev–Trinajstić information content (AvgIpc) is 3.08. The van der Waals surface area contributed by atoms with Gasteiger partial charge in [-0.25, -0.2) is 18.7 Å². The molecule has 2 aromatic heterocycles. The van der Waals surface area contributed by atoms with E-state index in [-0.39, 0.29) is 23.0 Å². The molecule has 0 saturated carbocycles. The molecule has 25 heavy (non-hydrogen) atoms. The molecule has 0 aliphatic rings. The second-order valence-electron chi connectivity index (χ2n) is 4.90. The molecule has 0 aliphatic carbocycles. The maximum Gasteiger partial charge on any atom is 0.316 e. The molecule has 130 valence electrons. The molecule has 0 aliphatic heterocycles. The summed E-state index contributed by atoms with van der Waals surface area (Å²) in [5.74, 6) is -3.00. The van der Waals surface area contributed by atoms with Crippen molar-refractivity contribution in [3.63, 3.8) is 0 Å². The van der Waals surface area contributed by atoms with E-state index >= 15 is 0 Å². The summed E-state index contributed by atoms with van der Waals surface area (Å²) >= 11 is 0. The van der Waals surface area contributed by atoms with Crippen LogP contribution in [0.1, 0.15) is 30.9 Å². The first-order valence-electron chi connectivity index (χ1n) is 7.00. The molecule has 3 aromatic rings. The molecule has 0 saturated heterocycles. The number of hydrogen-bond donors (Lipinski definition) is 0. The Balaban J connectivity index is 1.75. The number of rotatable bonds is 5. The Morgan fingerprint density at radius 1 is 1.08 bits per heavy atom. The van der Waals surface area contributed by atoms with Gasteiger partial charge in [-0.15, -0.1) is 10.2 Å². The summed E-state index contributed by atoms with van der Waals surface area (Å²) in [5.41, 5.74) is 0.211. The lowest BCUT2D eigenvalue weighted by Gasteiger charge is -2.14. The maximum atomic E-state index is 13.7. The number of nitrogens with zero attached hydrogens (tertiary/aromatic N) is 4. The first-order chi connectivity index (χ1) is 12.0. The van der Waals surface area contributed by atoms with E-state index in [2.05, 4.69) is 20.2 Å². The third-order valence-electron chi connectivity index (χ3n) is 3.20. The van der Waals surface area contributed by atoms with Gasteiger partial charge in [0.15, 0.2) is 11.6 Å².